The lowest BCUT2D eigenvalue weighted by Crippen LogP contribution is -2.37. The Kier molecular flexibility index (Phi) is 9.55. The van der Waals surface area contributed by atoms with Crippen LogP contribution >= 0.6 is 11.6 Å². The molecular formula is C26H34ClN3O3. The van der Waals surface area contributed by atoms with Crippen LogP contribution in [0.5, 0.6) is 0 Å². The van der Waals surface area contributed by atoms with Crippen LogP contribution in [-0.4, -0.2) is 48.7 Å². The Hall–Kier alpha value is -2.60. The van der Waals surface area contributed by atoms with Crippen LogP contribution < -0.4 is 5.32 Å². The normalized spacial score (nSPS) is 21.0. The van der Waals surface area contributed by atoms with E-state index in [-0.39, 0.29) is 18.4 Å². The lowest BCUT2D eigenvalue weighted by molar-refractivity contribution is -0.137. The van der Waals surface area contributed by atoms with Gasteiger partial charge in [0, 0.05) is 36.6 Å². The van der Waals surface area contributed by atoms with Gasteiger partial charge in [0.2, 0.25) is 0 Å². The van der Waals surface area contributed by atoms with Crippen molar-refractivity contribution in [2.24, 2.45) is 5.16 Å². The van der Waals surface area contributed by atoms with Crippen molar-refractivity contribution in [1.29, 1.82) is 0 Å². The number of halogens is 1. The molecule has 0 radical (unpaired) electrons. The number of benzene rings is 1. The molecule has 3 rings (SSSR count). The maximum Gasteiger partial charge on any atom is 0.263 e. The Morgan fingerprint density at radius 3 is 2.61 bits per heavy atom. The topological polar surface area (TPSA) is 71.0 Å². The zero-order valence-corrected chi connectivity index (χ0v) is 20.4. The number of hydrogen-bond donors (Lipinski definition) is 1. The van der Waals surface area contributed by atoms with E-state index in [1.165, 1.54) is 6.42 Å². The zero-order valence-electron chi connectivity index (χ0n) is 19.7. The Morgan fingerprint density at radius 2 is 1.82 bits per heavy atom. The number of aryl methyl sites for hydroxylation is 2. The number of piperidine rings is 1. The Labute approximate surface area is 201 Å². The maximum absolute atomic E-state index is 13.0. The number of nitrogens with one attached hydrogen (secondary N) is 1. The molecule has 7 heteroatoms. The van der Waals surface area contributed by atoms with E-state index >= 15 is 0 Å². The lowest BCUT2D eigenvalue weighted by atomic mass is 9.94. The standard InChI is InChI=1S/C26H34ClN3O3/c1-19-16-20(2)25(27)22-17-21(29-33-18-23(31)30-14-10-7-11-15-30)12-8-5-3-4-6-9-13-28-26(32)24(19)22/h4,6,8,12,16H,3,5,7,9-11,13-15,17-18H2,1-2H3,(H,28,32)/b6-4+,12-8+,29-21-. The summed E-state index contributed by atoms with van der Waals surface area (Å²) < 4.78 is 0. The average Bonchev–Trinajstić information content (AvgIpc) is 2.80. The van der Waals surface area contributed by atoms with Gasteiger partial charge in [-0.2, -0.15) is 0 Å². The summed E-state index contributed by atoms with van der Waals surface area (Å²) in [6.07, 6.45) is 14.3. The number of carbonyl (C=O) groups excluding carboxylic acids is 2. The average molecular weight is 472 g/mol. The minimum Gasteiger partial charge on any atom is -0.385 e. The van der Waals surface area contributed by atoms with Crippen molar-refractivity contribution in [2.45, 2.75) is 58.8 Å². The van der Waals surface area contributed by atoms with E-state index in [1.807, 2.05) is 37.0 Å². The van der Waals surface area contributed by atoms with Crippen LogP contribution in [0.2, 0.25) is 5.02 Å². The first-order valence-electron chi connectivity index (χ1n) is 11.8. The smallest absolute Gasteiger partial charge is 0.263 e. The number of hydrogen-bond acceptors (Lipinski definition) is 4. The molecule has 0 unspecified atom stereocenters. The molecule has 178 valence electrons. The second-order valence-electron chi connectivity index (χ2n) is 8.65. The summed E-state index contributed by atoms with van der Waals surface area (Å²) in [6.45, 7) is 5.90. The fourth-order valence-corrected chi connectivity index (χ4v) is 4.46. The number of allylic oxidation sites excluding steroid dienone is 3. The third-order valence-electron chi connectivity index (χ3n) is 5.98. The fourth-order valence-electron chi connectivity index (χ4n) is 4.24. The molecule has 0 saturated carbocycles. The van der Waals surface area contributed by atoms with Crippen LogP contribution in [-0.2, 0) is 16.1 Å². The molecule has 2 amide bonds. The largest absolute Gasteiger partial charge is 0.385 e. The molecule has 0 spiro atoms. The SMILES string of the molecule is Cc1cc(C)c2c(c1Cl)CC(=N\OCC(=O)N1CCCCC1)/C=C/CC/C=C/CCNC2=O. The molecule has 0 bridgehead atoms. The summed E-state index contributed by atoms with van der Waals surface area (Å²) in [7, 11) is 0. The van der Waals surface area contributed by atoms with Crippen LogP contribution in [0.1, 0.15) is 65.6 Å². The van der Waals surface area contributed by atoms with Crippen molar-refractivity contribution >= 4 is 29.1 Å². The van der Waals surface area contributed by atoms with Gasteiger partial charge >= 0.3 is 0 Å². The second-order valence-corrected chi connectivity index (χ2v) is 9.03. The highest BCUT2D eigenvalue weighted by Gasteiger charge is 2.21. The predicted octanol–water partition coefficient (Wildman–Crippen LogP) is 4.91. The molecule has 0 aromatic heterocycles. The number of rotatable bonds is 3. The first kappa shape index (κ1) is 25.0. The summed E-state index contributed by atoms with van der Waals surface area (Å²) in [5.41, 5.74) is 3.72. The minimum atomic E-state index is -0.139. The van der Waals surface area contributed by atoms with Crippen molar-refractivity contribution in [1.82, 2.24) is 10.2 Å². The van der Waals surface area contributed by atoms with Crippen molar-refractivity contribution < 1.29 is 14.4 Å². The maximum atomic E-state index is 13.0. The molecule has 1 aromatic carbocycles. The summed E-state index contributed by atoms with van der Waals surface area (Å²) >= 11 is 6.68. The Morgan fingerprint density at radius 1 is 1.09 bits per heavy atom. The monoisotopic (exact) mass is 471 g/mol. The number of fused-ring (bicyclic) bond motifs is 1. The summed E-state index contributed by atoms with van der Waals surface area (Å²) in [5, 5.41) is 7.85. The third-order valence-corrected chi connectivity index (χ3v) is 6.50. The van der Waals surface area contributed by atoms with Crippen LogP contribution in [0, 0.1) is 13.8 Å². The summed E-state index contributed by atoms with van der Waals surface area (Å²) in [5.74, 6) is -0.182. The van der Waals surface area contributed by atoms with Crippen molar-refractivity contribution in [2.75, 3.05) is 26.2 Å². The number of oxime groups is 1. The predicted molar refractivity (Wildman–Crippen MR) is 133 cm³/mol. The third kappa shape index (κ3) is 7.19. The quantitative estimate of drug-likeness (QED) is 0.503. The van der Waals surface area contributed by atoms with Gasteiger partial charge in [-0.15, -0.1) is 0 Å². The van der Waals surface area contributed by atoms with Crippen LogP contribution in [0.15, 0.2) is 35.5 Å². The van der Waals surface area contributed by atoms with Gasteiger partial charge in [-0.25, -0.2) is 0 Å². The molecule has 1 fully saturated rings. The van der Waals surface area contributed by atoms with Gasteiger partial charge in [0.1, 0.15) is 0 Å². The molecule has 1 saturated heterocycles. The Bertz CT molecular complexity index is 947. The molecule has 33 heavy (non-hydrogen) atoms. The van der Waals surface area contributed by atoms with E-state index in [0.29, 0.717) is 29.3 Å². The first-order valence-corrected chi connectivity index (χ1v) is 12.2. The molecule has 1 aromatic rings. The van der Waals surface area contributed by atoms with Gasteiger partial charge < -0.3 is 15.1 Å². The van der Waals surface area contributed by atoms with Crippen molar-refractivity contribution in [3.63, 3.8) is 0 Å². The number of likely N-dealkylation sites (tertiary alicyclic amines) is 1. The van der Waals surface area contributed by atoms with E-state index in [0.717, 1.165) is 61.9 Å². The summed E-state index contributed by atoms with van der Waals surface area (Å²) in [4.78, 5) is 32.8. The van der Waals surface area contributed by atoms with Crippen molar-refractivity contribution in [3.8, 4) is 0 Å². The molecule has 0 aliphatic carbocycles. The van der Waals surface area contributed by atoms with Gasteiger partial charge in [-0.3, -0.25) is 9.59 Å². The van der Waals surface area contributed by atoms with E-state index in [1.54, 1.807) is 0 Å². The first-order chi connectivity index (χ1) is 16.0. The molecule has 6 nitrogen and oxygen atoms in total. The van der Waals surface area contributed by atoms with E-state index < -0.39 is 0 Å². The molecule has 2 aliphatic heterocycles. The van der Waals surface area contributed by atoms with Crippen LogP contribution in [0.25, 0.3) is 0 Å². The van der Waals surface area contributed by atoms with Gasteiger partial charge in [0.25, 0.3) is 11.8 Å². The van der Waals surface area contributed by atoms with Gasteiger partial charge in [-0.1, -0.05) is 41.1 Å². The highest BCUT2D eigenvalue weighted by molar-refractivity contribution is 6.33. The van der Waals surface area contributed by atoms with Gasteiger partial charge in [-0.05, 0) is 75.1 Å². The zero-order chi connectivity index (χ0) is 23.6. The van der Waals surface area contributed by atoms with Crippen molar-refractivity contribution in [3.05, 3.63) is 57.6 Å². The lowest BCUT2D eigenvalue weighted by Gasteiger charge is -2.26. The summed E-state index contributed by atoms with van der Waals surface area (Å²) in [6, 6.07) is 1.93. The van der Waals surface area contributed by atoms with E-state index in [9.17, 15) is 9.59 Å². The molecule has 2 aliphatic rings. The molecular weight excluding hydrogens is 438 g/mol. The minimum absolute atomic E-state index is 0.0430. The number of amides is 2. The van der Waals surface area contributed by atoms with Crippen LogP contribution in [0.3, 0.4) is 0 Å². The highest BCUT2D eigenvalue weighted by atomic mass is 35.5. The van der Waals surface area contributed by atoms with Gasteiger partial charge in [0.05, 0.1) is 5.71 Å². The second kappa shape index (κ2) is 12.6. The molecule has 1 N–H and O–H groups in total. The fraction of sp³-hybridized carbons (Fsp3) is 0.500. The molecule has 0 atom stereocenters. The Balaban J connectivity index is 1.86. The van der Waals surface area contributed by atoms with Gasteiger partial charge in [0.15, 0.2) is 6.61 Å². The van der Waals surface area contributed by atoms with E-state index in [2.05, 4.69) is 22.6 Å². The number of carbonyl (C=O) groups is 2. The van der Waals surface area contributed by atoms with Crippen LogP contribution in [0.4, 0.5) is 0 Å². The number of nitrogens with zero attached hydrogens (tertiary/aromatic N) is 2. The highest BCUT2D eigenvalue weighted by Crippen LogP contribution is 2.28. The van der Waals surface area contributed by atoms with E-state index in [4.69, 9.17) is 16.4 Å². The molecule has 2 heterocycles.